The molecule has 0 unspecified atom stereocenters. The summed E-state index contributed by atoms with van der Waals surface area (Å²) in [6, 6.07) is 7.62. The van der Waals surface area contributed by atoms with Gasteiger partial charge in [0.1, 0.15) is 0 Å². The summed E-state index contributed by atoms with van der Waals surface area (Å²) in [4.78, 5) is 0.200. The summed E-state index contributed by atoms with van der Waals surface area (Å²) in [6.07, 6.45) is 0.329. The SMILES string of the molecule is CC[C@H](C)[C@H](NS(=O)(=O)c1ccccc1)[C@@H](O)CCCl. The molecule has 0 aliphatic heterocycles. The van der Waals surface area contributed by atoms with E-state index in [2.05, 4.69) is 4.72 Å². The molecule has 20 heavy (non-hydrogen) atoms. The average Bonchev–Trinajstić information content (AvgIpc) is 2.45. The lowest BCUT2D eigenvalue weighted by Gasteiger charge is -2.28. The van der Waals surface area contributed by atoms with Crippen molar-refractivity contribution in [2.75, 3.05) is 5.88 Å². The van der Waals surface area contributed by atoms with Gasteiger partial charge in [0.2, 0.25) is 10.0 Å². The summed E-state index contributed by atoms with van der Waals surface area (Å²) >= 11 is 5.64. The van der Waals surface area contributed by atoms with Crippen LogP contribution in [0.5, 0.6) is 0 Å². The van der Waals surface area contributed by atoms with Crippen LogP contribution in [0.1, 0.15) is 26.7 Å². The molecule has 0 saturated heterocycles. The zero-order valence-corrected chi connectivity index (χ0v) is 13.4. The quantitative estimate of drug-likeness (QED) is 0.723. The highest BCUT2D eigenvalue weighted by Gasteiger charge is 2.29. The molecule has 114 valence electrons. The van der Waals surface area contributed by atoms with E-state index in [4.69, 9.17) is 11.6 Å². The summed E-state index contributed by atoms with van der Waals surface area (Å²) in [6.45, 7) is 3.87. The van der Waals surface area contributed by atoms with Crippen LogP contribution < -0.4 is 4.72 Å². The minimum atomic E-state index is -3.63. The van der Waals surface area contributed by atoms with Crippen LogP contribution in [0, 0.1) is 5.92 Å². The number of halogens is 1. The van der Waals surface area contributed by atoms with E-state index in [1.807, 2.05) is 13.8 Å². The maximum atomic E-state index is 12.3. The van der Waals surface area contributed by atoms with Gasteiger partial charge in [-0.25, -0.2) is 13.1 Å². The van der Waals surface area contributed by atoms with Gasteiger partial charge in [0.25, 0.3) is 0 Å². The third-order valence-corrected chi connectivity index (χ3v) is 5.11. The number of hydrogen-bond acceptors (Lipinski definition) is 3. The van der Waals surface area contributed by atoms with E-state index in [0.29, 0.717) is 12.3 Å². The summed E-state index contributed by atoms with van der Waals surface area (Å²) in [5.74, 6) is 0.313. The molecular formula is C14H22ClNO3S. The van der Waals surface area contributed by atoms with Crippen LogP contribution in [0.4, 0.5) is 0 Å². The van der Waals surface area contributed by atoms with Crippen LogP contribution in [0.2, 0.25) is 0 Å². The predicted octanol–water partition coefficient (Wildman–Crippen LogP) is 2.37. The summed E-state index contributed by atoms with van der Waals surface area (Å²) in [7, 11) is -3.63. The Labute approximate surface area is 126 Å². The van der Waals surface area contributed by atoms with Crippen molar-refractivity contribution in [1.29, 1.82) is 0 Å². The molecule has 0 aliphatic carbocycles. The maximum Gasteiger partial charge on any atom is 0.240 e. The molecule has 3 atom stereocenters. The van der Waals surface area contributed by atoms with Gasteiger partial charge in [0.15, 0.2) is 0 Å². The second kappa shape index (κ2) is 7.98. The van der Waals surface area contributed by atoms with Crippen molar-refractivity contribution in [3.63, 3.8) is 0 Å². The number of nitrogens with one attached hydrogen (secondary N) is 1. The smallest absolute Gasteiger partial charge is 0.240 e. The van der Waals surface area contributed by atoms with Crippen LogP contribution in [0.25, 0.3) is 0 Å². The van der Waals surface area contributed by atoms with Gasteiger partial charge in [0.05, 0.1) is 17.0 Å². The van der Waals surface area contributed by atoms with E-state index in [-0.39, 0.29) is 10.8 Å². The maximum absolute atomic E-state index is 12.3. The molecule has 1 aromatic carbocycles. The molecule has 0 aliphatic rings. The Kier molecular flexibility index (Phi) is 6.95. The summed E-state index contributed by atoms with van der Waals surface area (Å²) in [5.41, 5.74) is 0. The van der Waals surface area contributed by atoms with Gasteiger partial charge < -0.3 is 5.11 Å². The first-order valence-corrected chi connectivity index (χ1v) is 8.75. The number of rotatable bonds is 8. The Morgan fingerprint density at radius 3 is 2.40 bits per heavy atom. The molecule has 0 saturated carbocycles. The van der Waals surface area contributed by atoms with E-state index in [1.54, 1.807) is 18.2 Å². The molecule has 4 nitrogen and oxygen atoms in total. The van der Waals surface area contributed by atoms with Crippen molar-refractivity contribution in [2.45, 2.75) is 43.7 Å². The third kappa shape index (κ3) is 4.74. The second-order valence-corrected chi connectivity index (χ2v) is 6.98. The lowest BCUT2D eigenvalue weighted by molar-refractivity contribution is 0.108. The molecule has 0 radical (unpaired) electrons. The fraction of sp³-hybridized carbons (Fsp3) is 0.571. The lowest BCUT2D eigenvalue weighted by atomic mass is 9.94. The number of alkyl halides is 1. The van der Waals surface area contributed by atoms with Crippen molar-refractivity contribution in [1.82, 2.24) is 4.72 Å². The highest BCUT2D eigenvalue weighted by molar-refractivity contribution is 7.89. The molecule has 1 aromatic rings. The van der Waals surface area contributed by atoms with Crippen molar-refractivity contribution >= 4 is 21.6 Å². The minimum absolute atomic E-state index is 0.0201. The van der Waals surface area contributed by atoms with Crippen LogP contribution in [-0.4, -0.2) is 31.6 Å². The fourth-order valence-corrected chi connectivity index (χ4v) is 3.59. The van der Waals surface area contributed by atoms with Crippen LogP contribution in [-0.2, 0) is 10.0 Å². The van der Waals surface area contributed by atoms with Crippen molar-refractivity contribution < 1.29 is 13.5 Å². The Balaban J connectivity index is 2.94. The van der Waals surface area contributed by atoms with Crippen molar-refractivity contribution in [3.05, 3.63) is 30.3 Å². The van der Waals surface area contributed by atoms with Crippen molar-refractivity contribution in [2.24, 2.45) is 5.92 Å². The summed E-state index contributed by atoms with van der Waals surface area (Å²) in [5, 5.41) is 10.1. The number of sulfonamides is 1. The number of aliphatic hydroxyl groups excluding tert-OH is 1. The normalized spacial score (nSPS) is 16.6. The monoisotopic (exact) mass is 319 g/mol. The molecule has 0 bridgehead atoms. The molecule has 0 heterocycles. The topological polar surface area (TPSA) is 66.4 Å². The molecule has 0 spiro atoms. The van der Waals surface area contributed by atoms with E-state index in [1.165, 1.54) is 12.1 Å². The lowest BCUT2D eigenvalue weighted by Crippen LogP contribution is -2.47. The number of aliphatic hydroxyl groups is 1. The molecule has 2 N–H and O–H groups in total. The molecule has 6 heteroatoms. The Bertz CT molecular complexity index is 492. The highest BCUT2D eigenvalue weighted by atomic mass is 35.5. The predicted molar refractivity (Wildman–Crippen MR) is 81.4 cm³/mol. The number of hydrogen-bond donors (Lipinski definition) is 2. The van der Waals surface area contributed by atoms with Gasteiger partial charge in [-0.3, -0.25) is 0 Å². The molecule has 0 amide bonds. The second-order valence-electron chi connectivity index (χ2n) is 4.89. The highest BCUT2D eigenvalue weighted by Crippen LogP contribution is 2.18. The van der Waals surface area contributed by atoms with Gasteiger partial charge >= 0.3 is 0 Å². The zero-order chi connectivity index (χ0) is 15.2. The molecular weight excluding hydrogens is 298 g/mol. The molecule has 0 fully saturated rings. The first kappa shape index (κ1) is 17.4. The van der Waals surface area contributed by atoms with E-state index in [0.717, 1.165) is 6.42 Å². The zero-order valence-electron chi connectivity index (χ0n) is 11.8. The largest absolute Gasteiger partial charge is 0.391 e. The van der Waals surface area contributed by atoms with E-state index >= 15 is 0 Å². The first-order valence-electron chi connectivity index (χ1n) is 6.73. The minimum Gasteiger partial charge on any atom is -0.391 e. The Morgan fingerprint density at radius 1 is 1.30 bits per heavy atom. The average molecular weight is 320 g/mol. The van der Waals surface area contributed by atoms with Gasteiger partial charge in [-0.15, -0.1) is 11.6 Å². The third-order valence-electron chi connectivity index (χ3n) is 3.42. The number of benzene rings is 1. The molecule has 1 rings (SSSR count). The standard InChI is InChI=1S/C14H22ClNO3S/c1-3-11(2)14(13(17)9-10-15)16-20(18,19)12-7-5-4-6-8-12/h4-8,11,13-14,16-17H,3,9-10H2,1-2H3/t11-,13-,14-/m0/s1. The van der Waals surface area contributed by atoms with Gasteiger partial charge in [-0.2, -0.15) is 0 Å². The van der Waals surface area contributed by atoms with Gasteiger partial charge in [-0.05, 0) is 24.5 Å². The van der Waals surface area contributed by atoms with Gasteiger partial charge in [0, 0.05) is 5.88 Å². The van der Waals surface area contributed by atoms with Crippen LogP contribution >= 0.6 is 11.6 Å². The van der Waals surface area contributed by atoms with Crippen LogP contribution in [0.3, 0.4) is 0 Å². The Hall–Kier alpha value is -0.620. The Morgan fingerprint density at radius 2 is 1.90 bits per heavy atom. The van der Waals surface area contributed by atoms with E-state index < -0.39 is 22.2 Å². The fourth-order valence-electron chi connectivity index (χ4n) is 1.97. The van der Waals surface area contributed by atoms with Gasteiger partial charge in [-0.1, -0.05) is 38.5 Å². The van der Waals surface area contributed by atoms with E-state index in [9.17, 15) is 13.5 Å². The van der Waals surface area contributed by atoms with Crippen LogP contribution in [0.15, 0.2) is 35.2 Å². The summed E-state index contributed by atoms with van der Waals surface area (Å²) < 4.78 is 27.2. The first-order chi connectivity index (χ1) is 9.42. The molecule has 0 aromatic heterocycles. The van der Waals surface area contributed by atoms with Crippen molar-refractivity contribution in [3.8, 4) is 0 Å².